The van der Waals surface area contributed by atoms with Crippen molar-refractivity contribution in [3.05, 3.63) is 0 Å². The van der Waals surface area contributed by atoms with Crippen LogP contribution in [-0.4, -0.2) is 28.3 Å². The average Bonchev–Trinajstić information content (AvgIpc) is 1.90. The number of halogens is 1. The Hall–Kier alpha value is 0.640. The van der Waals surface area contributed by atoms with E-state index in [9.17, 15) is 4.89 Å². The van der Waals surface area contributed by atoms with Gasteiger partial charge < -0.3 is 4.89 Å². The molecule has 1 atom stereocenters. The summed E-state index contributed by atoms with van der Waals surface area (Å²) in [5, 5.41) is 0. The lowest BCUT2D eigenvalue weighted by Crippen LogP contribution is -2.16. The normalized spacial score (nSPS) is 14.3. The Morgan fingerprint density at radius 2 is 1.89 bits per heavy atom. The fourth-order valence-electron chi connectivity index (χ4n) is 0.626. The maximum absolute atomic E-state index is 9.18. The Balaban J connectivity index is 3.50. The summed E-state index contributed by atoms with van der Waals surface area (Å²) in [5.41, 5.74) is 0.358. The third-order valence-electron chi connectivity index (χ3n) is 1.16. The van der Waals surface area contributed by atoms with E-state index in [0.717, 1.165) is 13.1 Å². The van der Waals surface area contributed by atoms with Crippen molar-refractivity contribution in [2.45, 2.75) is 13.8 Å². The quantitative estimate of drug-likeness (QED) is 0.513. The van der Waals surface area contributed by atoms with Gasteiger partial charge >= 0.3 is 0 Å². The molecule has 9 heavy (non-hydrogen) atoms. The number of rotatable bonds is 4. The van der Waals surface area contributed by atoms with E-state index in [2.05, 4.69) is 0 Å². The molecule has 0 spiro atoms. The predicted molar refractivity (Wildman–Crippen MR) is 42.8 cm³/mol. The highest BCUT2D eigenvalue weighted by Gasteiger charge is 2.09. The molecule has 0 aliphatic carbocycles. The Morgan fingerprint density at radius 1 is 1.44 bits per heavy atom. The van der Waals surface area contributed by atoms with Crippen LogP contribution in [0.3, 0.4) is 0 Å². The molecule has 2 nitrogen and oxygen atoms in total. The smallest absolute Gasteiger partial charge is 0.116 e. The molecule has 0 heterocycles. The van der Waals surface area contributed by atoms with Crippen LogP contribution in [0.4, 0.5) is 0 Å². The van der Waals surface area contributed by atoms with Gasteiger partial charge in [-0.25, -0.2) is 0 Å². The van der Waals surface area contributed by atoms with E-state index < -0.39 is 8.30 Å². The van der Waals surface area contributed by atoms with Crippen molar-refractivity contribution >= 4 is 19.9 Å². The van der Waals surface area contributed by atoms with Gasteiger partial charge in [-0.2, -0.15) is 0 Å². The van der Waals surface area contributed by atoms with Crippen LogP contribution in [0.25, 0.3) is 0 Å². The van der Waals surface area contributed by atoms with Gasteiger partial charge in [0.2, 0.25) is 0 Å². The van der Waals surface area contributed by atoms with Gasteiger partial charge in [0.05, 0.1) is 5.62 Å². The zero-order valence-corrected chi connectivity index (χ0v) is 7.49. The van der Waals surface area contributed by atoms with Gasteiger partial charge in [0.1, 0.15) is 8.30 Å². The van der Waals surface area contributed by atoms with Crippen molar-refractivity contribution in [3.8, 4) is 0 Å². The third-order valence-corrected chi connectivity index (χ3v) is 3.24. The maximum Gasteiger partial charge on any atom is 0.116 e. The van der Waals surface area contributed by atoms with E-state index in [1.807, 2.05) is 18.5 Å². The van der Waals surface area contributed by atoms with Gasteiger partial charge in [-0.1, -0.05) is 13.8 Å². The van der Waals surface area contributed by atoms with Crippen LogP contribution in [0.15, 0.2) is 0 Å². The lowest BCUT2D eigenvalue weighted by Gasteiger charge is -2.21. The third kappa shape index (κ3) is 3.36. The summed E-state index contributed by atoms with van der Waals surface area (Å²) in [7, 11) is -1.04. The Morgan fingerprint density at radius 3 is 2.00 bits per heavy atom. The van der Waals surface area contributed by atoms with E-state index >= 15 is 0 Å². The molecule has 0 aromatic rings. The first-order valence-electron chi connectivity index (χ1n) is 3.03. The largest absolute Gasteiger partial charge is 0.358 e. The molecule has 0 saturated carbocycles. The van der Waals surface area contributed by atoms with E-state index in [0.29, 0.717) is 5.62 Å². The van der Waals surface area contributed by atoms with Crippen molar-refractivity contribution < 1.29 is 4.89 Å². The molecule has 0 radical (unpaired) electrons. The molecule has 0 aliphatic rings. The summed E-state index contributed by atoms with van der Waals surface area (Å²) in [6, 6.07) is 0. The van der Waals surface area contributed by atoms with E-state index in [4.69, 9.17) is 11.6 Å². The van der Waals surface area contributed by atoms with Crippen molar-refractivity contribution in [1.29, 1.82) is 0 Å². The fraction of sp³-hybridized carbons (Fsp3) is 1.00. The van der Waals surface area contributed by atoms with Crippen molar-refractivity contribution in [3.63, 3.8) is 0 Å². The highest BCUT2D eigenvalue weighted by atomic mass is 35.5. The van der Waals surface area contributed by atoms with Gasteiger partial charge in [0.15, 0.2) is 0 Å². The van der Waals surface area contributed by atoms with Crippen LogP contribution in [-0.2, 0) is 0 Å². The van der Waals surface area contributed by atoms with Crippen LogP contribution in [0.2, 0.25) is 0 Å². The summed E-state index contributed by atoms with van der Waals surface area (Å²) in [4.78, 5) is 9.18. The van der Waals surface area contributed by atoms with Crippen molar-refractivity contribution in [1.82, 2.24) is 4.67 Å². The van der Waals surface area contributed by atoms with E-state index in [-0.39, 0.29) is 0 Å². The zero-order valence-electron chi connectivity index (χ0n) is 5.84. The van der Waals surface area contributed by atoms with Crippen molar-refractivity contribution in [2.24, 2.45) is 0 Å². The minimum Gasteiger partial charge on any atom is -0.358 e. The minimum absolute atomic E-state index is 0.358. The highest BCUT2D eigenvalue weighted by Crippen LogP contribution is 2.35. The van der Waals surface area contributed by atoms with Crippen molar-refractivity contribution in [2.75, 3.05) is 18.7 Å². The number of alkyl halides is 1. The summed E-state index contributed by atoms with van der Waals surface area (Å²) in [6.07, 6.45) is 0. The lowest BCUT2D eigenvalue weighted by molar-refractivity contribution is 0.446. The van der Waals surface area contributed by atoms with Crippen LogP contribution in [0.1, 0.15) is 13.8 Å². The topological polar surface area (TPSA) is 23.5 Å². The second-order valence-corrected chi connectivity index (χ2v) is 3.90. The van der Waals surface area contributed by atoms with Gasteiger partial charge in [0, 0.05) is 13.1 Å². The van der Waals surface area contributed by atoms with E-state index in [1.54, 1.807) is 0 Å². The zero-order chi connectivity index (χ0) is 7.28. The first kappa shape index (κ1) is 9.64. The highest BCUT2D eigenvalue weighted by molar-refractivity contribution is 7.50. The van der Waals surface area contributed by atoms with Crippen LogP contribution in [0, 0.1) is 0 Å². The molecule has 1 unspecified atom stereocenters. The van der Waals surface area contributed by atoms with Crippen LogP contribution < -0.4 is 0 Å². The molecule has 0 aliphatic heterocycles. The number of hydrogen-bond donors (Lipinski definition) is 1. The van der Waals surface area contributed by atoms with Crippen LogP contribution in [0.5, 0.6) is 0 Å². The van der Waals surface area contributed by atoms with Gasteiger partial charge in [0.25, 0.3) is 0 Å². The maximum atomic E-state index is 9.18. The minimum atomic E-state index is -1.04. The first-order valence-corrected chi connectivity index (χ1v) is 5.00. The molecule has 0 aromatic heterocycles. The van der Waals surface area contributed by atoms with E-state index in [1.165, 1.54) is 0 Å². The number of nitrogens with zero attached hydrogens (tertiary/aromatic N) is 1. The molecule has 0 saturated heterocycles. The summed E-state index contributed by atoms with van der Waals surface area (Å²) in [6.45, 7) is 5.79. The van der Waals surface area contributed by atoms with Crippen LogP contribution >= 0.6 is 19.9 Å². The average molecular weight is 170 g/mol. The standard InChI is InChI=1S/C5H13ClNOP/c1-3-7(4-2)9(8)5-6/h8H,3-5H2,1-2H3. The Bertz CT molecular complexity index is 70.0. The molecular formula is C5H13ClNOP. The molecular weight excluding hydrogens is 156 g/mol. The molecule has 1 N–H and O–H groups in total. The molecule has 0 fully saturated rings. The molecule has 56 valence electrons. The number of hydrogen-bond acceptors (Lipinski definition) is 2. The van der Waals surface area contributed by atoms with Gasteiger partial charge in [-0.05, 0) is 0 Å². The molecule has 4 heteroatoms. The summed E-state index contributed by atoms with van der Waals surface area (Å²) < 4.78 is 1.96. The fourth-order valence-corrected chi connectivity index (χ4v) is 1.88. The second-order valence-electron chi connectivity index (χ2n) is 1.63. The molecule has 0 bridgehead atoms. The van der Waals surface area contributed by atoms with Gasteiger partial charge in [-0.15, -0.1) is 11.6 Å². The SMILES string of the molecule is CCN(CC)P(O)CCl. The summed E-state index contributed by atoms with van der Waals surface area (Å²) in [5.74, 6) is 0. The van der Waals surface area contributed by atoms with Gasteiger partial charge in [-0.3, -0.25) is 4.67 Å². The molecule has 0 amide bonds. The molecule has 0 rings (SSSR count). The Kier molecular flexibility index (Phi) is 5.81. The summed E-state index contributed by atoms with van der Waals surface area (Å²) >= 11 is 5.44. The molecule has 0 aromatic carbocycles. The monoisotopic (exact) mass is 169 g/mol. The second kappa shape index (κ2) is 5.43. The lowest BCUT2D eigenvalue weighted by atomic mass is 10.7. The predicted octanol–water partition coefficient (Wildman–Crippen LogP) is 1.83. The first-order chi connectivity index (χ1) is 4.26. The Labute approximate surface area is 62.7 Å².